The van der Waals surface area contributed by atoms with Gasteiger partial charge in [-0.3, -0.25) is 10.1 Å². The Hall–Kier alpha value is -4.30. The highest BCUT2D eigenvalue weighted by Gasteiger charge is 2.12. The number of rotatable bonds is 6. The Bertz CT molecular complexity index is 1480. The molecule has 1 amide bonds. The molecular formula is C26H21N5O2S. The number of carbonyl (C=O) groups excluding carboxylic acids is 1. The number of nitrogens with zero attached hydrogens (tertiary/aromatic N) is 3. The van der Waals surface area contributed by atoms with Crippen molar-refractivity contribution < 1.29 is 9.53 Å². The average molecular weight is 468 g/mol. The van der Waals surface area contributed by atoms with Gasteiger partial charge in [-0.1, -0.05) is 47.7 Å². The zero-order valence-electron chi connectivity index (χ0n) is 18.6. The first kappa shape index (κ1) is 21.5. The third kappa shape index (κ3) is 4.72. The molecule has 0 fully saturated rings. The van der Waals surface area contributed by atoms with E-state index in [9.17, 15) is 4.79 Å². The van der Waals surface area contributed by atoms with Gasteiger partial charge in [0.25, 0.3) is 5.91 Å². The summed E-state index contributed by atoms with van der Waals surface area (Å²) in [5.41, 5.74) is 3.91. The molecule has 2 heterocycles. The highest BCUT2D eigenvalue weighted by molar-refractivity contribution is 7.22. The van der Waals surface area contributed by atoms with E-state index in [1.807, 2.05) is 73.7 Å². The number of carbonyl (C=O) groups is 1. The summed E-state index contributed by atoms with van der Waals surface area (Å²) in [6.07, 6.45) is 0. The minimum atomic E-state index is -0.237. The largest absolute Gasteiger partial charge is 0.497 e. The molecular weight excluding hydrogens is 446 g/mol. The SMILES string of the molecule is COc1ccc2nc(NC(=O)c3cccc(Nc4cc(-c5ccccc5)nc(C)n4)c3)sc2c1. The van der Waals surface area contributed by atoms with Crippen molar-refractivity contribution in [2.24, 2.45) is 0 Å². The van der Waals surface area contributed by atoms with Crippen LogP contribution in [0.3, 0.4) is 0 Å². The van der Waals surface area contributed by atoms with Gasteiger partial charge in [0.05, 0.1) is 23.0 Å². The van der Waals surface area contributed by atoms with Gasteiger partial charge >= 0.3 is 0 Å². The number of thiazole rings is 1. The standard InChI is InChI=1S/C26H21N5O2S/c1-16-27-22(17-7-4-3-5-8-17)15-24(28-16)29-19-10-6-9-18(13-19)25(32)31-26-30-21-12-11-20(33-2)14-23(21)34-26/h3-15H,1-2H3,(H,27,28,29)(H,30,31,32). The predicted molar refractivity (Wildman–Crippen MR) is 136 cm³/mol. The van der Waals surface area contributed by atoms with Crippen LogP contribution in [0.25, 0.3) is 21.5 Å². The molecule has 0 atom stereocenters. The van der Waals surface area contributed by atoms with Gasteiger partial charge in [0, 0.05) is 22.9 Å². The van der Waals surface area contributed by atoms with E-state index in [0.717, 1.165) is 32.9 Å². The minimum Gasteiger partial charge on any atom is -0.497 e. The number of amides is 1. The van der Waals surface area contributed by atoms with Crippen molar-refractivity contribution in [1.82, 2.24) is 15.0 Å². The molecule has 34 heavy (non-hydrogen) atoms. The van der Waals surface area contributed by atoms with Gasteiger partial charge in [-0.05, 0) is 43.3 Å². The van der Waals surface area contributed by atoms with Gasteiger partial charge in [-0.15, -0.1) is 0 Å². The van der Waals surface area contributed by atoms with Crippen LogP contribution >= 0.6 is 11.3 Å². The maximum absolute atomic E-state index is 12.9. The Morgan fingerprint density at radius 3 is 2.59 bits per heavy atom. The average Bonchev–Trinajstić information content (AvgIpc) is 3.25. The zero-order chi connectivity index (χ0) is 23.5. The summed E-state index contributed by atoms with van der Waals surface area (Å²) in [6.45, 7) is 1.86. The number of methoxy groups -OCH3 is 1. The Labute approximate surface area is 200 Å². The van der Waals surface area contributed by atoms with Crippen molar-refractivity contribution in [2.45, 2.75) is 6.92 Å². The second-order valence-corrected chi connectivity index (χ2v) is 8.59. The molecule has 0 bridgehead atoms. The third-order valence-corrected chi connectivity index (χ3v) is 6.05. The van der Waals surface area contributed by atoms with Crippen molar-refractivity contribution in [2.75, 3.05) is 17.7 Å². The molecule has 2 aromatic heterocycles. The molecule has 0 unspecified atom stereocenters. The van der Waals surface area contributed by atoms with E-state index in [0.29, 0.717) is 22.3 Å². The number of nitrogens with one attached hydrogen (secondary N) is 2. The molecule has 0 aliphatic heterocycles. The van der Waals surface area contributed by atoms with Gasteiger partial charge < -0.3 is 10.1 Å². The summed E-state index contributed by atoms with van der Waals surface area (Å²) in [5, 5.41) is 6.71. The molecule has 8 heteroatoms. The van der Waals surface area contributed by atoms with E-state index in [2.05, 4.69) is 25.6 Å². The first-order valence-corrected chi connectivity index (χ1v) is 11.4. The Kier molecular flexibility index (Phi) is 5.88. The first-order chi connectivity index (χ1) is 16.6. The van der Waals surface area contributed by atoms with Gasteiger partial charge in [0.1, 0.15) is 17.4 Å². The number of fused-ring (bicyclic) bond motifs is 1. The molecule has 0 spiro atoms. The lowest BCUT2D eigenvalue weighted by Gasteiger charge is -2.10. The lowest BCUT2D eigenvalue weighted by Crippen LogP contribution is -2.11. The molecule has 2 N–H and O–H groups in total. The molecule has 0 aliphatic rings. The molecule has 5 rings (SSSR count). The molecule has 0 aliphatic carbocycles. The number of ether oxygens (including phenoxy) is 1. The highest BCUT2D eigenvalue weighted by atomic mass is 32.1. The number of hydrogen-bond acceptors (Lipinski definition) is 7. The van der Waals surface area contributed by atoms with Crippen molar-refractivity contribution in [1.29, 1.82) is 0 Å². The number of aryl methyl sites for hydroxylation is 1. The van der Waals surface area contributed by atoms with Crippen LogP contribution in [-0.2, 0) is 0 Å². The van der Waals surface area contributed by atoms with Crippen molar-refractivity contribution in [3.05, 3.63) is 90.3 Å². The van der Waals surface area contributed by atoms with Crippen LogP contribution < -0.4 is 15.4 Å². The Morgan fingerprint density at radius 1 is 0.912 bits per heavy atom. The number of benzene rings is 3. The van der Waals surface area contributed by atoms with Gasteiger partial charge in [-0.2, -0.15) is 0 Å². The van der Waals surface area contributed by atoms with Crippen molar-refractivity contribution in [3.8, 4) is 17.0 Å². The van der Waals surface area contributed by atoms with E-state index < -0.39 is 0 Å². The molecule has 5 aromatic rings. The normalized spacial score (nSPS) is 10.8. The number of hydrogen-bond donors (Lipinski definition) is 2. The monoisotopic (exact) mass is 467 g/mol. The Morgan fingerprint density at radius 2 is 1.76 bits per heavy atom. The quantitative estimate of drug-likeness (QED) is 0.315. The van der Waals surface area contributed by atoms with Crippen LogP contribution in [0.4, 0.5) is 16.6 Å². The second-order valence-electron chi connectivity index (χ2n) is 7.56. The van der Waals surface area contributed by atoms with E-state index in [4.69, 9.17) is 4.74 Å². The fraction of sp³-hybridized carbons (Fsp3) is 0.0769. The molecule has 7 nitrogen and oxygen atoms in total. The third-order valence-electron chi connectivity index (χ3n) is 5.12. The zero-order valence-corrected chi connectivity index (χ0v) is 19.4. The lowest BCUT2D eigenvalue weighted by molar-refractivity contribution is 0.102. The smallest absolute Gasteiger partial charge is 0.257 e. The maximum atomic E-state index is 12.9. The van der Waals surface area contributed by atoms with Crippen LogP contribution in [-0.4, -0.2) is 28.0 Å². The maximum Gasteiger partial charge on any atom is 0.257 e. The highest BCUT2D eigenvalue weighted by Crippen LogP contribution is 2.29. The Balaban J connectivity index is 1.35. The summed E-state index contributed by atoms with van der Waals surface area (Å²) in [6, 6.07) is 24.7. The van der Waals surface area contributed by atoms with Crippen LogP contribution in [0.5, 0.6) is 5.75 Å². The van der Waals surface area contributed by atoms with Crippen molar-refractivity contribution >= 4 is 44.1 Å². The van der Waals surface area contributed by atoms with E-state index >= 15 is 0 Å². The van der Waals surface area contributed by atoms with Crippen LogP contribution in [0.15, 0.2) is 78.9 Å². The van der Waals surface area contributed by atoms with E-state index in [1.165, 1.54) is 11.3 Å². The minimum absolute atomic E-state index is 0.237. The second kappa shape index (κ2) is 9.29. The lowest BCUT2D eigenvalue weighted by atomic mass is 10.1. The van der Waals surface area contributed by atoms with Gasteiger partial charge in [-0.25, -0.2) is 15.0 Å². The van der Waals surface area contributed by atoms with E-state index in [-0.39, 0.29) is 5.91 Å². The number of aromatic nitrogens is 3. The predicted octanol–water partition coefficient (Wildman–Crippen LogP) is 6.07. The van der Waals surface area contributed by atoms with Gasteiger partial charge in [0.2, 0.25) is 0 Å². The molecule has 168 valence electrons. The van der Waals surface area contributed by atoms with E-state index in [1.54, 1.807) is 19.2 Å². The fourth-order valence-electron chi connectivity index (χ4n) is 3.53. The summed E-state index contributed by atoms with van der Waals surface area (Å²) in [7, 11) is 1.62. The van der Waals surface area contributed by atoms with Crippen LogP contribution in [0.2, 0.25) is 0 Å². The summed E-state index contributed by atoms with van der Waals surface area (Å²) >= 11 is 1.40. The van der Waals surface area contributed by atoms with Crippen molar-refractivity contribution in [3.63, 3.8) is 0 Å². The fourth-order valence-corrected chi connectivity index (χ4v) is 4.42. The van der Waals surface area contributed by atoms with Gasteiger partial charge in [0.15, 0.2) is 5.13 Å². The first-order valence-electron chi connectivity index (χ1n) is 10.6. The number of anilines is 3. The summed E-state index contributed by atoms with van der Waals surface area (Å²) in [4.78, 5) is 26.4. The molecule has 0 saturated heterocycles. The van der Waals surface area contributed by atoms with Crippen LogP contribution in [0, 0.1) is 6.92 Å². The van der Waals surface area contributed by atoms with Crippen LogP contribution in [0.1, 0.15) is 16.2 Å². The topological polar surface area (TPSA) is 89.0 Å². The molecule has 0 saturated carbocycles. The summed E-state index contributed by atoms with van der Waals surface area (Å²) < 4.78 is 6.20. The summed E-state index contributed by atoms with van der Waals surface area (Å²) in [5.74, 6) is 1.83. The molecule has 0 radical (unpaired) electrons. The molecule has 3 aromatic carbocycles.